The highest BCUT2D eigenvalue weighted by atomic mass is 35.5. The van der Waals surface area contributed by atoms with E-state index in [-0.39, 0.29) is 5.78 Å². The molecular formula is C28H33ClN2O2S. The van der Waals surface area contributed by atoms with Gasteiger partial charge < -0.3 is 10.2 Å². The van der Waals surface area contributed by atoms with Gasteiger partial charge in [-0.1, -0.05) is 50.1 Å². The predicted octanol–water partition coefficient (Wildman–Crippen LogP) is 7.94. The van der Waals surface area contributed by atoms with Crippen LogP contribution in [-0.2, 0) is 6.54 Å². The van der Waals surface area contributed by atoms with E-state index in [1.54, 1.807) is 30.5 Å². The van der Waals surface area contributed by atoms with E-state index in [1.165, 1.54) is 75.5 Å². The second kappa shape index (κ2) is 10.7. The van der Waals surface area contributed by atoms with Crippen LogP contribution in [-0.4, -0.2) is 22.8 Å². The fraction of sp³-hybridized carbons (Fsp3) is 0.464. The Morgan fingerprint density at radius 2 is 1.59 bits per heavy atom. The minimum absolute atomic E-state index is 0.0366. The molecule has 6 heteroatoms. The summed E-state index contributed by atoms with van der Waals surface area (Å²) in [6.07, 6.45) is 14.5. The standard InChI is InChI=1S/C28H33ClN2O2S/c29-20-15-13-19(14-16-20)26(32)25-23(27(34-28(25)30)24-12-7-17-33-24)18-31(21-8-3-1-4-9-21)22-10-5-2-6-11-22/h7,12-17,21-22H,1-6,8-11,18,30H2. The molecule has 0 atom stereocenters. The van der Waals surface area contributed by atoms with Crippen LogP contribution in [0.5, 0.6) is 0 Å². The lowest BCUT2D eigenvalue weighted by molar-refractivity contribution is 0.0728. The first-order valence-corrected chi connectivity index (χ1v) is 13.8. The minimum atomic E-state index is -0.0366. The van der Waals surface area contributed by atoms with Crippen molar-refractivity contribution in [1.82, 2.24) is 4.90 Å². The Labute approximate surface area is 211 Å². The van der Waals surface area contributed by atoms with Crippen molar-refractivity contribution < 1.29 is 9.21 Å². The van der Waals surface area contributed by atoms with Crippen molar-refractivity contribution >= 4 is 33.7 Å². The maximum absolute atomic E-state index is 13.8. The molecule has 0 aliphatic heterocycles. The third-order valence-corrected chi connectivity index (χ3v) is 8.87. The molecule has 180 valence electrons. The quantitative estimate of drug-likeness (QED) is 0.337. The first-order chi connectivity index (χ1) is 16.6. The van der Waals surface area contributed by atoms with E-state index in [2.05, 4.69) is 4.90 Å². The van der Waals surface area contributed by atoms with E-state index in [9.17, 15) is 4.79 Å². The van der Waals surface area contributed by atoms with Gasteiger partial charge in [-0.05, 0) is 62.1 Å². The van der Waals surface area contributed by atoms with E-state index in [0.717, 1.165) is 22.7 Å². The molecule has 2 aromatic heterocycles. The zero-order valence-electron chi connectivity index (χ0n) is 19.6. The van der Waals surface area contributed by atoms with Gasteiger partial charge in [0, 0.05) is 34.8 Å². The Morgan fingerprint density at radius 3 is 2.15 bits per heavy atom. The number of thiophene rings is 1. The number of halogens is 1. The van der Waals surface area contributed by atoms with Crippen LogP contribution in [0.4, 0.5) is 5.00 Å². The summed E-state index contributed by atoms with van der Waals surface area (Å²) < 4.78 is 5.81. The van der Waals surface area contributed by atoms with Gasteiger partial charge in [-0.25, -0.2) is 0 Å². The first-order valence-electron chi connectivity index (χ1n) is 12.6. The van der Waals surface area contributed by atoms with E-state index in [1.807, 2.05) is 12.1 Å². The fourth-order valence-corrected chi connectivity index (χ4v) is 6.97. The summed E-state index contributed by atoms with van der Waals surface area (Å²) in [5.74, 6) is 0.750. The molecule has 2 saturated carbocycles. The van der Waals surface area contributed by atoms with Gasteiger partial charge in [-0.3, -0.25) is 9.69 Å². The molecule has 0 saturated heterocycles. The molecule has 0 radical (unpaired) electrons. The van der Waals surface area contributed by atoms with Crippen molar-refractivity contribution in [3.63, 3.8) is 0 Å². The van der Waals surface area contributed by atoms with Crippen molar-refractivity contribution in [2.24, 2.45) is 0 Å². The Balaban J connectivity index is 1.57. The summed E-state index contributed by atoms with van der Waals surface area (Å²) >= 11 is 7.56. The van der Waals surface area contributed by atoms with Crippen LogP contribution >= 0.6 is 22.9 Å². The Kier molecular flexibility index (Phi) is 7.43. The molecule has 0 unspecified atom stereocenters. The molecule has 1 aromatic carbocycles. The van der Waals surface area contributed by atoms with Crippen molar-refractivity contribution in [3.8, 4) is 10.6 Å². The van der Waals surface area contributed by atoms with Gasteiger partial charge in [0.2, 0.25) is 0 Å². The van der Waals surface area contributed by atoms with Gasteiger partial charge in [-0.2, -0.15) is 0 Å². The number of benzene rings is 1. The number of anilines is 1. The number of carbonyl (C=O) groups excluding carboxylic acids is 1. The van der Waals surface area contributed by atoms with E-state index < -0.39 is 0 Å². The molecule has 5 rings (SSSR count). The summed E-state index contributed by atoms with van der Waals surface area (Å²) in [6.45, 7) is 0.744. The van der Waals surface area contributed by atoms with Crippen LogP contribution in [0.15, 0.2) is 47.1 Å². The number of carbonyl (C=O) groups is 1. The smallest absolute Gasteiger partial charge is 0.196 e. The molecule has 2 N–H and O–H groups in total. The number of nitrogens with two attached hydrogens (primary N) is 1. The molecule has 0 amide bonds. The van der Waals surface area contributed by atoms with Crippen LogP contribution < -0.4 is 5.73 Å². The molecule has 2 fully saturated rings. The van der Waals surface area contributed by atoms with Gasteiger partial charge >= 0.3 is 0 Å². The number of hydrogen-bond donors (Lipinski definition) is 1. The summed E-state index contributed by atoms with van der Waals surface area (Å²) in [5, 5.41) is 1.18. The molecule has 3 aromatic rings. The summed E-state index contributed by atoms with van der Waals surface area (Å²) in [6, 6.07) is 12.1. The highest BCUT2D eigenvalue weighted by molar-refractivity contribution is 7.19. The maximum Gasteiger partial charge on any atom is 0.196 e. The largest absolute Gasteiger partial charge is 0.464 e. The number of nitrogen functional groups attached to an aromatic ring is 1. The van der Waals surface area contributed by atoms with Gasteiger partial charge in [0.25, 0.3) is 0 Å². The van der Waals surface area contributed by atoms with Crippen molar-refractivity contribution in [2.45, 2.75) is 82.8 Å². The van der Waals surface area contributed by atoms with Crippen molar-refractivity contribution in [3.05, 3.63) is 64.4 Å². The number of furan rings is 1. The van der Waals surface area contributed by atoms with Gasteiger partial charge in [0.1, 0.15) is 5.76 Å². The summed E-state index contributed by atoms with van der Waals surface area (Å²) in [7, 11) is 0. The zero-order chi connectivity index (χ0) is 23.5. The number of ketones is 1. The summed E-state index contributed by atoms with van der Waals surface area (Å²) in [5.41, 5.74) is 8.83. The third kappa shape index (κ3) is 4.98. The Morgan fingerprint density at radius 1 is 0.971 bits per heavy atom. The minimum Gasteiger partial charge on any atom is -0.464 e. The lowest BCUT2D eigenvalue weighted by Gasteiger charge is -2.42. The Hall–Kier alpha value is -2.08. The predicted molar refractivity (Wildman–Crippen MR) is 141 cm³/mol. The van der Waals surface area contributed by atoms with Gasteiger partial charge in [0.15, 0.2) is 5.78 Å². The van der Waals surface area contributed by atoms with Gasteiger partial charge in [-0.15, -0.1) is 11.3 Å². The van der Waals surface area contributed by atoms with E-state index >= 15 is 0 Å². The third-order valence-electron chi connectivity index (χ3n) is 7.54. The number of hydrogen-bond acceptors (Lipinski definition) is 5. The molecular weight excluding hydrogens is 464 g/mol. The molecule has 4 nitrogen and oxygen atoms in total. The van der Waals surface area contributed by atoms with Crippen molar-refractivity contribution in [1.29, 1.82) is 0 Å². The van der Waals surface area contributed by atoms with Crippen LogP contribution in [0.25, 0.3) is 10.6 Å². The zero-order valence-corrected chi connectivity index (χ0v) is 21.2. The highest BCUT2D eigenvalue weighted by Gasteiger charge is 2.33. The van der Waals surface area contributed by atoms with Crippen LogP contribution in [0.2, 0.25) is 5.02 Å². The fourth-order valence-electron chi connectivity index (χ4n) is 5.80. The van der Waals surface area contributed by atoms with Crippen LogP contribution in [0.3, 0.4) is 0 Å². The monoisotopic (exact) mass is 496 g/mol. The first kappa shape index (κ1) is 23.7. The molecule has 2 aliphatic rings. The molecule has 34 heavy (non-hydrogen) atoms. The van der Waals surface area contributed by atoms with E-state index in [0.29, 0.717) is 33.2 Å². The molecule has 2 heterocycles. The van der Waals surface area contributed by atoms with Crippen LogP contribution in [0, 0.1) is 0 Å². The number of nitrogens with zero attached hydrogens (tertiary/aromatic N) is 1. The molecule has 2 aliphatic carbocycles. The van der Waals surface area contributed by atoms with Gasteiger partial charge in [0.05, 0.1) is 21.7 Å². The van der Waals surface area contributed by atoms with E-state index in [4.69, 9.17) is 21.8 Å². The Bertz CT molecular complexity index is 1080. The average Bonchev–Trinajstić information content (AvgIpc) is 3.51. The maximum atomic E-state index is 13.8. The molecule has 0 spiro atoms. The normalized spacial score (nSPS) is 17.9. The lowest BCUT2D eigenvalue weighted by atomic mass is 9.87. The SMILES string of the molecule is Nc1sc(-c2ccco2)c(CN(C2CCCCC2)C2CCCCC2)c1C(=O)c1ccc(Cl)cc1. The average molecular weight is 497 g/mol. The van der Waals surface area contributed by atoms with Crippen molar-refractivity contribution in [2.75, 3.05) is 5.73 Å². The second-order valence-corrected chi connectivity index (χ2v) is 11.2. The van der Waals surface area contributed by atoms with Crippen LogP contribution in [0.1, 0.15) is 85.7 Å². The second-order valence-electron chi connectivity index (χ2n) is 9.72. The summed E-state index contributed by atoms with van der Waals surface area (Å²) in [4.78, 5) is 17.5. The highest BCUT2D eigenvalue weighted by Crippen LogP contribution is 2.42. The number of rotatable bonds is 7. The lowest BCUT2D eigenvalue weighted by Crippen LogP contribution is -2.44. The molecule has 0 bridgehead atoms. The topological polar surface area (TPSA) is 59.5 Å².